The van der Waals surface area contributed by atoms with E-state index in [2.05, 4.69) is 29.4 Å². The molecule has 0 radical (unpaired) electrons. The number of rotatable bonds is 5. The molecule has 1 aliphatic heterocycles. The molecule has 0 aromatic carbocycles. The van der Waals surface area contributed by atoms with Crippen LogP contribution in [0.15, 0.2) is 18.3 Å². The van der Waals surface area contributed by atoms with Crippen LogP contribution in [0, 0.1) is 12.8 Å². The average Bonchev–Trinajstić information content (AvgIpc) is 2.82. The Morgan fingerprint density at radius 3 is 3.00 bits per heavy atom. The Bertz CT molecular complexity index is 331. The van der Waals surface area contributed by atoms with Crippen molar-refractivity contribution in [3.05, 3.63) is 29.6 Å². The molecule has 3 nitrogen and oxygen atoms in total. The predicted octanol–water partition coefficient (Wildman–Crippen LogP) is 2.47. The Balaban J connectivity index is 2.02. The van der Waals surface area contributed by atoms with Crippen LogP contribution in [0.3, 0.4) is 0 Å². The highest BCUT2D eigenvalue weighted by molar-refractivity contribution is 5.17. The molecule has 1 aliphatic rings. The van der Waals surface area contributed by atoms with Gasteiger partial charge in [-0.15, -0.1) is 0 Å². The van der Waals surface area contributed by atoms with Gasteiger partial charge in [-0.25, -0.2) is 0 Å². The second kappa shape index (κ2) is 6.12. The molecule has 0 spiro atoms. The highest BCUT2D eigenvalue weighted by atomic mass is 16.5. The molecule has 0 aliphatic carbocycles. The molecule has 2 atom stereocenters. The molecule has 2 rings (SSSR count). The summed E-state index contributed by atoms with van der Waals surface area (Å²) < 4.78 is 5.45. The topological polar surface area (TPSA) is 34.1 Å². The minimum atomic E-state index is 0.416. The van der Waals surface area contributed by atoms with Gasteiger partial charge in [-0.1, -0.05) is 13.0 Å². The molecule has 0 saturated carbocycles. The summed E-state index contributed by atoms with van der Waals surface area (Å²) in [5.74, 6) is 0.695. The van der Waals surface area contributed by atoms with Crippen molar-refractivity contribution in [2.24, 2.45) is 5.92 Å². The average molecular weight is 234 g/mol. The number of nitrogens with one attached hydrogen (secondary N) is 1. The SMILES string of the molecule is CCNC(CC1CCOC1)c1ccc(C)nc1. The lowest BCUT2D eigenvalue weighted by Gasteiger charge is -2.21. The third-order valence-corrected chi connectivity index (χ3v) is 3.38. The summed E-state index contributed by atoms with van der Waals surface area (Å²) in [6, 6.07) is 4.69. The van der Waals surface area contributed by atoms with Crippen LogP contribution in [0.4, 0.5) is 0 Å². The Morgan fingerprint density at radius 1 is 1.53 bits per heavy atom. The third kappa shape index (κ3) is 3.51. The van der Waals surface area contributed by atoms with Crippen LogP contribution >= 0.6 is 0 Å². The fourth-order valence-corrected chi connectivity index (χ4v) is 2.37. The van der Waals surface area contributed by atoms with Crippen molar-refractivity contribution in [1.29, 1.82) is 0 Å². The number of aryl methyl sites for hydroxylation is 1. The lowest BCUT2D eigenvalue weighted by atomic mass is 9.95. The van der Waals surface area contributed by atoms with Crippen LogP contribution in [0.25, 0.3) is 0 Å². The van der Waals surface area contributed by atoms with Crippen LogP contribution < -0.4 is 5.32 Å². The van der Waals surface area contributed by atoms with Gasteiger partial charge in [-0.3, -0.25) is 4.98 Å². The van der Waals surface area contributed by atoms with Crippen molar-refractivity contribution in [2.75, 3.05) is 19.8 Å². The van der Waals surface area contributed by atoms with E-state index in [0.717, 1.165) is 31.9 Å². The molecule has 17 heavy (non-hydrogen) atoms. The summed E-state index contributed by atoms with van der Waals surface area (Å²) in [5, 5.41) is 3.55. The second-order valence-electron chi connectivity index (χ2n) is 4.81. The maximum atomic E-state index is 5.45. The standard InChI is InChI=1S/C14H22N2O/c1-3-15-14(8-12-6-7-17-10-12)13-5-4-11(2)16-9-13/h4-5,9,12,14-15H,3,6-8,10H2,1-2H3. The summed E-state index contributed by atoms with van der Waals surface area (Å²) in [7, 11) is 0. The van der Waals surface area contributed by atoms with Crippen molar-refractivity contribution in [2.45, 2.75) is 32.7 Å². The maximum absolute atomic E-state index is 5.45. The normalized spacial score (nSPS) is 21.6. The van der Waals surface area contributed by atoms with Crippen molar-refractivity contribution in [3.8, 4) is 0 Å². The van der Waals surface area contributed by atoms with E-state index in [0.29, 0.717) is 12.0 Å². The van der Waals surface area contributed by atoms with Gasteiger partial charge in [0.1, 0.15) is 0 Å². The van der Waals surface area contributed by atoms with Crippen LogP contribution in [0.5, 0.6) is 0 Å². The van der Waals surface area contributed by atoms with Crippen molar-refractivity contribution < 1.29 is 4.74 Å². The van der Waals surface area contributed by atoms with Crippen LogP contribution in [0.2, 0.25) is 0 Å². The summed E-state index contributed by atoms with van der Waals surface area (Å²) in [4.78, 5) is 4.39. The molecule has 2 unspecified atom stereocenters. The van der Waals surface area contributed by atoms with E-state index in [4.69, 9.17) is 4.74 Å². The largest absolute Gasteiger partial charge is 0.381 e. The van der Waals surface area contributed by atoms with E-state index >= 15 is 0 Å². The predicted molar refractivity (Wildman–Crippen MR) is 68.9 cm³/mol. The first kappa shape index (κ1) is 12.5. The highest BCUT2D eigenvalue weighted by Gasteiger charge is 2.21. The van der Waals surface area contributed by atoms with Gasteiger partial charge in [0.05, 0.1) is 0 Å². The van der Waals surface area contributed by atoms with Gasteiger partial charge in [-0.05, 0) is 43.9 Å². The summed E-state index contributed by atoms with van der Waals surface area (Å²) in [6.45, 7) is 7.01. The zero-order valence-electron chi connectivity index (χ0n) is 10.8. The molecule has 94 valence electrons. The summed E-state index contributed by atoms with van der Waals surface area (Å²) >= 11 is 0. The molecule has 2 heterocycles. The fraction of sp³-hybridized carbons (Fsp3) is 0.643. The quantitative estimate of drug-likeness (QED) is 0.850. The van der Waals surface area contributed by atoms with E-state index in [9.17, 15) is 0 Å². The minimum absolute atomic E-state index is 0.416. The zero-order chi connectivity index (χ0) is 12.1. The number of pyridine rings is 1. The molecule has 0 amide bonds. The minimum Gasteiger partial charge on any atom is -0.381 e. The van der Waals surface area contributed by atoms with E-state index in [-0.39, 0.29) is 0 Å². The number of ether oxygens (including phenoxy) is 1. The molecule has 1 saturated heterocycles. The number of hydrogen-bond donors (Lipinski definition) is 1. The van der Waals surface area contributed by atoms with Gasteiger partial charge in [0.2, 0.25) is 0 Å². The van der Waals surface area contributed by atoms with Gasteiger partial charge in [0.25, 0.3) is 0 Å². The first-order valence-electron chi connectivity index (χ1n) is 6.53. The van der Waals surface area contributed by atoms with Gasteiger partial charge in [0, 0.05) is 31.1 Å². The third-order valence-electron chi connectivity index (χ3n) is 3.38. The lowest BCUT2D eigenvalue weighted by molar-refractivity contribution is 0.181. The first-order chi connectivity index (χ1) is 8.29. The molecule has 1 N–H and O–H groups in total. The lowest BCUT2D eigenvalue weighted by Crippen LogP contribution is -2.23. The molecule has 1 aromatic rings. The number of nitrogens with zero attached hydrogens (tertiary/aromatic N) is 1. The summed E-state index contributed by atoms with van der Waals surface area (Å²) in [5.41, 5.74) is 2.37. The van der Waals surface area contributed by atoms with E-state index < -0.39 is 0 Å². The van der Waals surface area contributed by atoms with Crippen molar-refractivity contribution >= 4 is 0 Å². The van der Waals surface area contributed by atoms with E-state index in [1.807, 2.05) is 13.1 Å². The van der Waals surface area contributed by atoms with E-state index in [1.54, 1.807) is 0 Å². The van der Waals surface area contributed by atoms with Gasteiger partial charge in [0.15, 0.2) is 0 Å². The fourth-order valence-electron chi connectivity index (χ4n) is 2.37. The van der Waals surface area contributed by atoms with Crippen LogP contribution in [0.1, 0.15) is 37.1 Å². The monoisotopic (exact) mass is 234 g/mol. The van der Waals surface area contributed by atoms with Crippen LogP contribution in [-0.4, -0.2) is 24.7 Å². The number of hydrogen-bond acceptors (Lipinski definition) is 3. The maximum Gasteiger partial charge on any atom is 0.0495 e. The van der Waals surface area contributed by atoms with Crippen molar-refractivity contribution in [3.63, 3.8) is 0 Å². The summed E-state index contributed by atoms with van der Waals surface area (Å²) in [6.07, 6.45) is 4.35. The Labute approximate surface area is 104 Å². The Hall–Kier alpha value is -0.930. The second-order valence-corrected chi connectivity index (χ2v) is 4.81. The molecule has 0 bridgehead atoms. The molecular formula is C14H22N2O. The molecular weight excluding hydrogens is 212 g/mol. The van der Waals surface area contributed by atoms with E-state index in [1.165, 1.54) is 12.0 Å². The van der Waals surface area contributed by atoms with Crippen LogP contribution in [-0.2, 0) is 4.74 Å². The van der Waals surface area contributed by atoms with Crippen molar-refractivity contribution in [1.82, 2.24) is 10.3 Å². The number of aromatic nitrogens is 1. The Morgan fingerprint density at radius 2 is 2.41 bits per heavy atom. The van der Waals surface area contributed by atoms with Gasteiger partial charge in [-0.2, -0.15) is 0 Å². The van der Waals surface area contributed by atoms with Gasteiger partial charge >= 0.3 is 0 Å². The Kier molecular flexibility index (Phi) is 4.51. The van der Waals surface area contributed by atoms with Gasteiger partial charge < -0.3 is 10.1 Å². The smallest absolute Gasteiger partial charge is 0.0495 e. The molecule has 3 heteroatoms. The zero-order valence-corrected chi connectivity index (χ0v) is 10.8. The molecule has 1 aromatic heterocycles. The highest BCUT2D eigenvalue weighted by Crippen LogP contribution is 2.26. The molecule has 1 fully saturated rings. The first-order valence-corrected chi connectivity index (χ1v) is 6.53.